The molecule has 0 aliphatic carbocycles. The molecule has 0 saturated carbocycles. The summed E-state index contributed by atoms with van der Waals surface area (Å²) in [4.78, 5) is 18.1. The maximum atomic E-state index is 13.1. The number of anilines is 1. The lowest BCUT2D eigenvalue weighted by atomic mass is 10.0. The van der Waals surface area contributed by atoms with Gasteiger partial charge in [0, 0.05) is 50.8 Å². The molecule has 4 rings (SSSR count). The Balaban J connectivity index is 1.29. The number of sulfonamides is 1. The van der Waals surface area contributed by atoms with Gasteiger partial charge in [-0.25, -0.2) is 13.2 Å². The third kappa shape index (κ3) is 6.52. The normalized spacial score (nSPS) is 22.2. The van der Waals surface area contributed by atoms with Gasteiger partial charge in [-0.3, -0.25) is 15.2 Å². The molecule has 0 radical (unpaired) electrons. The quantitative estimate of drug-likeness (QED) is 0.535. The van der Waals surface area contributed by atoms with E-state index in [0.29, 0.717) is 38.2 Å². The van der Waals surface area contributed by atoms with Gasteiger partial charge in [0.25, 0.3) is 0 Å². The van der Waals surface area contributed by atoms with Crippen LogP contribution >= 0.6 is 0 Å². The van der Waals surface area contributed by atoms with Crippen LogP contribution in [0.5, 0.6) is 0 Å². The van der Waals surface area contributed by atoms with E-state index in [2.05, 4.69) is 20.9 Å². The van der Waals surface area contributed by atoms with Gasteiger partial charge < -0.3 is 10.6 Å². The van der Waals surface area contributed by atoms with Crippen molar-refractivity contribution < 1.29 is 26.4 Å². The molecule has 2 unspecified atom stereocenters. The molecule has 2 fully saturated rings. The minimum Gasteiger partial charge on any atom is -0.334 e. The van der Waals surface area contributed by atoms with E-state index in [1.165, 1.54) is 28.6 Å². The minimum absolute atomic E-state index is 0.0609. The van der Waals surface area contributed by atoms with Gasteiger partial charge >= 0.3 is 12.2 Å². The summed E-state index contributed by atoms with van der Waals surface area (Å²) in [5, 5.41) is 8.03. The van der Waals surface area contributed by atoms with Crippen LogP contribution in [-0.4, -0.2) is 73.2 Å². The van der Waals surface area contributed by atoms with Crippen molar-refractivity contribution in [1.82, 2.24) is 24.8 Å². The molecule has 196 valence electrons. The number of carbonyl (C=O) groups is 1. The van der Waals surface area contributed by atoms with Gasteiger partial charge in [-0.2, -0.15) is 17.5 Å². The molecule has 3 N–H and O–H groups in total. The molecule has 1 aromatic heterocycles. The molecule has 36 heavy (non-hydrogen) atoms. The second-order valence-corrected chi connectivity index (χ2v) is 10.8. The number of piperazine rings is 1. The average molecular weight is 527 g/mol. The van der Waals surface area contributed by atoms with Crippen molar-refractivity contribution in [3.8, 4) is 0 Å². The molecule has 2 aliphatic rings. The Kier molecular flexibility index (Phi) is 8.13. The number of carbonyl (C=O) groups excluding carboxylic acids is 1. The molecule has 2 saturated heterocycles. The predicted molar refractivity (Wildman–Crippen MR) is 127 cm³/mol. The van der Waals surface area contributed by atoms with E-state index in [4.69, 9.17) is 0 Å². The summed E-state index contributed by atoms with van der Waals surface area (Å²) in [6.07, 6.45) is -0.281. The fourth-order valence-corrected chi connectivity index (χ4v) is 5.86. The summed E-state index contributed by atoms with van der Waals surface area (Å²) in [7, 11) is -3.77. The molecular formula is C23H29F3N6O3S. The number of nitrogens with one attached hydrogen (secondary N) is 3. The average Bonchev–Trinajstić information content (AvgIpc) is 2.88. The molecule has 2 aromatic rings. The van der Waals surface area contributed by atoms with E-state index < -0.39 is 34.4 Å². The summed E-state index contributed by atoms with van der Waals surface area (Å²) in [5.74, 6) is 0. The topological polar surface area (TPSA) is 107 Å². The Morgan fingerprint density at radius 1 is 1.08 bits per heavy atom. The van der Waals surface area contributed by atoms with Crippen molar-refractivity contribution in [2.24, 2.45) is 0 Å². The van der Waals surface area contributed by atoms with Gasteiger partial charge in [-0.05, 0) is 55.2 Å². The van der Waals surface area contributed by atoms with E-state index in [0.717, 1.165) is 5.56 Å². The first-order chi connectivity index (χ1) is 17.1. The molecule has 0 bridgehead atoms. The third-order valence-corrected chi connectivity index (χ3v) is 8.31. The maximum absolute atomic E-state index is 13.1. The number of nitrogens with zero attached hydrogens (tertiary/aromatic N) is 3. The van der Waals surface area contributed by atoms with Crippen LogP contribution in [0.15, 0.2) is 53.7 Å². The molecule has 0 spiro atoms. The van der Waals surface area contributed by atoms with E-state index in [1.807, 2.05) is 11.0 Å². The summed E-state index contributed by atoms with van der Waals surface area (Å²) < 4.78 is 66.8. The monoisotopic (exact) mass is 526 g/mol. The first kappa shape index (κ1) is 26.3. The Bertz CT molecular complexity index is 1120. The lowest BCUT2D eigenvalue weighted by Gasteiger charge is -2.42. The fraction of sp³-hybridized carbons (Fsp3) is 0.478. The highest BCUT2D eigenvalue weighted by atomic mass is 32.2. The smallest absolute Gasteiger partial charge is 0.334 e. The number of halogens is 3. The van der Waals surface area contributed by atoms with Crippen molar-refractivity contribution in [2.45, 2.75) is 49.1 Å². The summed E-state index contributed by atoms with van der Waals surface area (Å²) >= 11 is 0. The van der Waals surface area contributed by atoms with Gasteiger partial charge in [-0.15, -0.1) is 0 Å². The largest absolute Gasteiger partial charge is 0.403 e. The second kappa shape index (κ2) is 11.1. The minimum atomic E-state index is -4.29. The van der Waals surface area contributed by atoms with Crippen molar-refractivity contribution in [1.29, 1.82) is 0 Å². The Hall–Kier alpha value is -2.74. The first-order valence-electron chi connectivity index (χ1n) is 11.7. The van der Waals surface area contributed by atoms with Crippen LogP contribution in [0.1, 0.15) is 24.8 Å². The molecular weight excluding hydrogens is 497 g/mol. The molecule has 2 aliphatic heterocycles. The Morgan fingerprint density at radius 3 is 2.44 bits per heavy atom. The third-order valence-electron chi connectivity index (χ3n) is 6.40. The standard InChI is InChI=1S/C23H29F3N6O3S/c24-23(25,26)20-4-1-5-21(30-20)31-11-13-32(14-12-31)36(34,35)19-8-6-18(7-9-19)29-22(33)28-16-17-3-2-10-27-15-17/h2-3,6-10,15,20-21,30H,1,4-5,11-14,16H2,(H2,28,29,33). The van der Waals surface area contributed by atoms with Gasteiger partial charge in [0.15, 0.2) is 0 Å². The van der Waals surface area contributed by atoms with Crippen LogP contribution < -0.4 is 16.0 Å². The van der Waals surface area contributed by atoms with Gasteiger partial charge in [0.1, 0.15) is 6.04 Å². The molecule has 2 atom stereocenters. The summed E-state index contributed by atoms with van der Waals surface area (Å²) in [5.41, 5.74) is 1.28. The van der Waals surface area contributed by atoms with Crippen LogP contribution in [0.2, 0.25) is 0 Å². The van der Waals surface area contributed by atoms with Crippen LogP contribution in [0, 0.1) is 0 Å². The lowest BCUT2D eigenvalue weighted by molar-refractivity contribution is -0.168. The Labute approximate surface area is 208 Å². The number of urea groups is 1. The molecule has 2 amide bonds. The van der Waals surface area contributed by atoms with E-state index in [9.17, 15) is 26.4 Å². The van der Waals surface area contributed by atoms with Gasteiger partial charge in [-0.1, -0.05) is 6.07 Å². The highest BCUT2D eigenvalue weighted by Crippen LogP contribution is 2.29. The molecule has 9 nitrogen and oxygen atoms in total. The fourth-order valence-electron chi connectivity index (χ4n) is 4.44. The number of hydrogen-bond acceptors (Lipinski definition) is 6. The first-order valence-corrected chi connectivity index (χ1v) is 13.2. The highest BCUT2D eigenvalue weighted by molar-refractivity contribution is 7.89. The van der Waals surface area contributed by atoms with Gasteiger partial charge in [0.2, 0.25) is 10.0 Å². The number of hydrogen-bond donors (Lipinski definition) is 3. The van der Waals surface area contributed by atoms with E-state index in [-0.39, 0.29) is 24.4 Å². The number of rotatable bonds is 6. The van der Waals surface area contributed by atoms with Crippen LogP contribution in [0.25, 0.3) is 0 Å². The zero-order chi connectivity index (χ0) is 25.8. The van der Waals surface area contributed by atoms with E-state index >= 15 is 0 Å². The maximum Gasteiger partial charge on any atom is 0.403 e. The lowest BCUT2D eigenvalue weighted by Crippen LogP contribution is -2.61. The van der Waals surface area contributed by atoms with Crippen LogP contribution in [0.3, 0.4) is 0 Å². The predicted octanol–water partition coefficient (Wildman–Crippen LogP) is 2.74. The molecule has 1 aromatic carbocycles. The number of alkyl halides is 3. The zero-order valence-corrected chi connectivity index (χ0v) is 20.4. The van der Waals surface area contributed by atoms with Crippen molar-refractivity contribution in [3.05, 3.63) is 54.4 Å². The SMILES string of the molecule is O=C(NCc1cccnc1)Nc1ccc(S(=O)(=O)N2CCN(C3CCCC(C(F)(F)F)N3)CC2)cc1. The summed E-state index contributed by atoms with van der Waals surface area (Å²) in [6.45, 7) is 1.36. The van der Waals surface area contributed by atoms with Crippen molar-refractivity contribution in [3.63, 3.8) is 0 Å². The molecule has 3 heterocycles. The number of piperidine rings is 1. The number of benzene rings is 1. The van der Waals surface area contributed by atoms with Crippen LogP contribution in [0.4, 0.5) is 23.7 Å². The molecule has 13 heteroatoms. The second-order valence-electron chi connectivity index (χ2n) is 8.84. The van der Waals surface area contributed by atoms with Crippen molar-refractivity contribution in [2.75, 3.05) is 31.5 Å². The summed E-state index contributed by atoms with van der Waals surface area (Å²) in [6, 6.07) is 7.51. The van der Waals surface area contributed by atoms with Gasteiger partial charge in [0.05, 0.1) is 11.1 Å². The number of amides is 2. The highest BCUT2D eigenvalue weighted by Gasteiger charge is 2.43. The number of aromatic nitrogens is 1. The van der Waals surface area contributed by atoms with Crippen LogP contribution in [-0.2, 0) is 16.6 Å². The van der Waals surface area contributed by atoms with E-state index in [1.54, 1.807) is 18.5 Å². The number of pyridine rings is 1. The zero-order valence-electron chi connectivity index (χ0n) is 19.5. The van der Waals surface area contributed by atoms with Crippen molar-refractivity contribution >= 4 is 21.7 Å². The Morgan fingerprint density at radius 2 is 1.81 bits per heavy atom.